The molecule has 1 fully saturated rings. The Kier molecular flexibility index (Phi) is 2.75. The summed E-state index contributed by atoms with van der Waals surface area (Å²) in [5, 5.41) is 0.319. The predicted molar refractivity (Wildman–Crippen MR) is 56.6 cm³/mol. The first-order chi connectivity index (χ1) is 7.38. The van der Waals surface area contributed by atoms with Crippen LogP contribution >= 0.6 is 11.6 Å². The minimum Gasteiger partial charge on any atom is -0.367 e. The van der Waals surface area contributed by atoms with E-state index in [2.05, 4.69) is 0 Å². The molecule has 0 aliphatic carbocycles. The third kappa shape index (κ3) is 2.10. The van der Waals surface area contributed by atoms with Crippen LogP contribution in [0, 0.1) is 0 Å². The van der Waals surface area contributed by atoms with Crippen molar-refractivity contribution in [1.82, 2.24) is 0 Å². The second-order valence-corrected chi connectivity index (χ2v) is 4.24. The van der Waals surface area contributed by atoms with E-state index in [-0.39, 0.29) is 6.04 Å². The molecule has 1 aromatic carbocycles. The van der Waals surface area contributed by atoms with Gasteiger partial charge in [-0.2, -0.15) is 13.2 Å². The van der Waals surface area contributed by atoms with E-state index in [4.69, 9.17) is 17.3 Å². The summed E-state index contributed by atoms with van der Waals surface area (Å²) in [5.74, 6) is 0. The monoisotopic (exact) mass is 250 g/mol. The number of nitrogens with zero attached hydrogens (tertiary/aromatic N) is 1. The Morgan fingerprint density at radius 3 is 2.44 bits per heavy atom. The van der Waals surface area contributed by atoms with Gasteiger partial charge >= 0.3 is 6.18 Å². The third-order valence-corrected chi connectivity index (χ3v) is 2.84. The van der Waals surface area contributed by atoms with Crippen molar-refractivity contribution in [3.8, 4) is 0 Å². The van der Waals surface area contributed by atoms with Gasteiger partial charge in [0.05, 0.1) is 16.3 Å². The van der Waals surface area contributed by atoms with E-state index in [1.807, 2.05) is 0 Å². The molecule has 6 heteroatoms. The second kappa shape index (κ2) is 3.82. The van der Waals surface area contributed by atoms with Crippen LogP contribution in [0.15, 0.2) is 18.2 Å². The van der Waals surface area contributed by atoms with Crippen molar-refractivity contribution >= 4 is 17.3 Å². The largest absolute Gasteiger partial charge is 0.416 e. The molecule has 2 nitrogen and oxygen atoms in total. The van der Waals surface area contributed by atoms with Crippen molar-refractivity contribution in [3.05, 3.63) is 28.8 Å². The zero-order chi connectivity index (χ0) is 11.9. The molecule has 1 aromatic rings. The highest BCUT2D eigenvalue weighted by Gasteiger charge is 2.33. The molecule has 1 aliphatic rings. The van der Waals surface area contributed by atoms with Gasteiger partial charge in [-0.25, -0.2) is 0 Å². The Hall–Kier alpha value is -0.940. The zero-order valence-electron chi connectivity index (χ0n) is 8.26. The number of benzene rings is 1. The maximum atomic E-state index is 12.5. The normalized spacial score (nSPS) is 17.4. The molecule has 1 aliphatic heterocycles. The smallest absolute Gasteiger partial charge is 0.367 e. The molecule has 1 heterocycles. The van der Waals surface area contributed by atoms with Gasteiger partial charge in [-0.05, 0) is 18.2 Å². The van der Waals surface area contributed by atoms with Gasteiger partial charge in [0, 0.05) is 19.1 Å². The number of nitrogens with two attached hydrogens (primary N) is 1. The summed E-state index contributed by atoms with van der Waals surface area (Å²) < 4.78 is 37.4. The van der Waals surface area contributed by atoms with Crippen LogP contribution in [-0.2, 0) is 6.18 Å². The van der Waals surface area contributed by atoms with Crippen LogP contribution in [0.2, 0.25) is 5.02 Å². The Morgan fingerprint density at radius 1 is 1.31 bits per heavy atom. The second-order valence-electron chi connectivity index (χ2n) is 3.83. The minimum absolute atomic E-state index is 0.0191. The van der Waals surface area contributed by atoms with Gasteiger partial charge in [-0.15, -0.1) is 0 Å². The molecule has 16 heavy (non-hydrogen) atoms. The lowest BCUT2D eigenvalue weighted by atomic mass is 10.1. The molecule has 0 bridgehead atoms. The molecule has 0 atom stereocenters. The standard InChI is InChI=1S/C10H10ClF3N2/c11-8-2-1-6(10(12,13)14)3-9(8)16-4-7(15)5-16/h1-3,7H,4-5,15H2. The Balaban J connectivity index is 2.30. The van der Waals surface area contributed by atoms with E-state index < -0.39 is 11.7 Å². The van der Waals surface area contributed by atoms with E-state index in [9.17, 15) is 13.2 Å². The third-order valence-electron chi connectivity index (χ3n) is 2.52. The molecule has 0 saturated carbocycles. The topological polar surface area (TPSA) is 29.3 Å². The summed E-state index contributed by atoms with van der Waals surface area (Å²) in [5.41, 5.74) is 5.29. The van der Waals surface area contributed by atoms with E-state index >= 15 is 0 Å². The maximum Gasteiger partial charge on any atom is 0.416 e. The minimum atomic E-state index is -4.34. The average Bonchev–Trinajstić information content (AvgIpc) is 2.12. The highest BCUT2D eigenvalue weighted by Crippen LogP contribution is 2.36. The zero-order valence-corrected chi connectivity index (χ0v) is 9.02. The quantitative estimate of drug-likeness (QED) is 0.830. The van der Waals surface area contributed by atoms with Crippen LogP contribution in [0.1, 0.15) is 5.56 Å². The first kappa shape index (κ1) is 11.5. The molecule has 0 amide bonds. The Morgan fingerprint density at radius 2 is 1.94 bits per heavy atom. The fourth-order valence-corrected chi connectivity index (χ4v) is 1.88. The van der Waals surface area contributed by atoms with Crippen molar-refractivity contribution < 1.29 is 13.2 Å². The van der Waals surface area contributed by atoms with Crippen LogP contribution in [0.25, 0.3) is 0 Å². The molecule has 0 aromatic heterocycles. The van der Waals surface area contributed by atoms with Crippen molar-refractivity contribution in [3.63, 3.8) is 0 Å². The van der Waals surface area contributed by atoms with Crippen LogP contribution < -0.4 is 10.6 Å². The molecular weight excluding hydrogens is 241 g/mol. The first-order valence-corrected chi connectivity index (χ1v) is 5.13. The first-order valence-electron chi connectivity index (χ1n) is 4.75. The van der Waals surface area contributed by atoms with Gasteiger partial charge in [0.1, 0.15) is 0 Å². The summed E-state index contributed by atoms with van der Waals surface area (Å²) >= 11 is 5.85. The van der Waals surface area contributed by atoms with E-state index in [0.717, 1.165) is 12.1 Å². The number of alkyl halides is 3. The maximum absolute atomic E-state index is 12.5. The molecule has 2 rings (SSSR count). The molecule has 88 valence electrons. The summed E-state index contributed by atoms with van der Waals surface area (Å²) in [6.07, 6.45) is -4.34. The lowest BCUT2D eigenvalue weighted by Crippen LogP contribution is -2.56. The SMILES string of the molecule is NC1CN(c2cc(C(F)(F)F)ccc2Cl)C1. The van der Waals surface area contributed by atoms with Gasteiger partial charge in [-0.1, -0.05) is 11.6 Å². The van der Waals surface area contributed by atoms with Gasteiger partial charge in [-0.3, -0.25) is 0 Å². The Bertz CT molecular complexity index is 400. The fourth-order valence-electron chi connectivity index (χ4n) is 1.64. The molecule has 2 N–H and O–H groups in total. The van der Waals surface area contributed by atoms with Crippen molar-refractivity contribution in [2.45, 2.75) is 12.2 Å². The lowest BCUT2D eigenvalue weighted by Gasteiger charge is -2.39. The molecule has 1 saturated heterocycles. The molecule has 0 unspecified atom stereocenters. The summed E-state index contributed by atoms with van der Waals surface area (Å²) in [7, 11) is 0. The van der Waals surface area contributed by atoms with E-state index in [1.54, 1.807) is 4.90 Å². The van der Waals surface area contributed by atoms with Crippen LogP contribution in [0.3, 0.4) is 0 Å². The van der Waals surface area contributed by atoms with Crippen molar-refractivity contribution in [2.24, 2.45) is 5.73 Å². The van der Waals surface area contributed by atoms with Gasteiger partial charge in [0.25, 0.3) is 0 Å². The number of rotatable bonds is 1. The van der Waals surface area contributed by atoms with Gasteiger partial charge in [0.15, 0.2) is 0 Å². The molecule has 0 radical (unpaired) electrons. The summed E-state index contributed by atoms with van der Waals surface area (Å²) in [6.45, 7) is 1.09. The predicted octanol–water partition coefficient (Wildman–Crippen LogP) is 2.51. The number of anilines is 1. The van der Waals surface area contributed by atoms with E-state index in [0.29, 0.717) is 23.8 Å². The fraction of sp³-hybridized carbons (Fsp3) is 0.400. The number of hydrogen-bond donors (Lipinski definition) is 1. The Labute approximate surface area is 95.8 Å². The van der Waals surface area contributed by atoms with Crippen LogP contribution in [0.5, 0.6) is 0 Å². The van der Waals surface area contributed by atoms with Gasteiger partial charge in [0.2, 0.25) is 0 Å². The average molecular weight is 251 g/mol. The summed E-state index contributed by atoms with van der Waals surface area (Å²) in [4.78, 5) is 1.74. The number of halogens is 4. The summed E-state index contributed by atoms with van der Waals surface area (Å²) in [6, 6.07) is 3.33. The molecular formula is C10H10ClF3N2. The van der Waals surface area contributed by atoms with Crippen molar-refractivity contribution in [2.75, 3.05) is 18.0 Å². The van der Waals surface area contributed by atoms with Crippen LogP contribution in [-0.4, -0.2) is 19.1 Å². The van der Waals surface area contributed by atoms with Gasteiger partial charge < -0.3 is 10.6 Å². The lowest BCUT2D eigenvalue weighted by molar-refractivity contribution is -0.137. The molecule has 0 spiro atoms. The van der Waals surface area contributed by atoms with Crippen molar-refractivity contribution in [1.29, 1.82) is 0 Å². The van der Waals surface area contributed by atoms with Crippen LogP contribution in [0.4, 0.5) is 18.9 Å². The highest BCUT2D eigenvalue weighted by molar-refractivity contribution is 6.33. The van der Waals surface area contributed by atoms with E-state index in [1.165, 1.54) is 6.07 Å². The highest BCUT2D eigenvalue weighted by atomic mass is 35.5. The number of hydrogen-bond acceptors (Lipinski definition) is 2.